The molecule has 5 nitrogen and oxygen atoms in total. The molecule has 1 atom stereocenters. The summed E-state index contributed by atoms with van der Waals surface area (Å²) in [5.41, 5.74) is 7.26. The van der Waals surface area contributed by atoms with E-state index in [1.165, 1.54) is 4.31 Å². The van der Waals surface area contributed by atoms with E-state index >= 15 is 0 Å². The Morgan fingerprint density at radius 1 is 1.35 bits per heavy atom. The van der Waals surface area contributed by atoms with Crippen molar-refractivity contribution in [2.24, 2.45) is 5.92 Å². The Morgan fingerprint density at radius 3 is 2.60 bits per heavy atom. The van der Waals surface area contributed by atoms with Crippen molar-refractivity contribution in [3.8, 4) is 0 Å². The summed E-state index contributed by atoms with van der Waals surface area (Å²) < 4.78 is 28.1. The summed E-state index contributed by atoms with van der Waals surface area (Å²) in [6.45, 7) is 3.71. The van der Waals surface area contributed by atoms with Gasteiger partial charge in [0.2, 0.25) is 0 Å². The molecule has 2 rings (SSSR count). The third kappa shape index (κ3) is 3.50. The lowest BCUT2D eigenvalue weighted by Crippen LogP contribution is -2.45. The predicted molar refractivity (Wildman–Crippen MR) is 81.2 cm³/mol. The topological polar surface area (TPSA) is 66.6 Å². The van der Waals surface area contributed by atoms with E-state index in [0.29, 0.717) is 31.2 Å². The molecule has 0 bridgehead atoms. The van der Waals surface area contributed by atoms with Gasteiger partial charge < -0.3 is 5.73 Å². The second kappa shape index (κ2) is 6.11. The molecule has 1 aromatic rings. The van der Waals surface area contributed by atoms with Crippen molar-refractivity contribution >= 4 is 15.9 Å². The van der Waals surface area contributed by atoms with Crippen molar-refractivity contribution in [2.45, 2.75) is 26.3 Å². The minimum Gasteiger partial charge on any atom is -0.399 e. The molecular weight excluding hydrogens is 274 g/mol. The number of hydrogen-bond donors (Lipinski definition) is 1. The number of hydrogen-bond acceptors (Lipinski definition) is 3. The van der Waals surface area contributed by atoms with Crippen LogP contribution in [0.25, 0.3) is 0 Å². The zero-order valence-corrected chi connectivity index (χ0v) is 12.9. The molecule has 1 aliphatic rings. The highest BCUT2D eigenvalue weighted by molar-refractivity contribution is 7.86. The van der Waals surface area contributed by atoms with E-state index in [4.69, 9.17) is 5.73 Å². The summed E-state index contributed by atoms with van der Waals surface area (Å²) in [4.78, 5) is 0. The monoisotopic (exact) mass is 297 g/mol. The first kappa shape index (κ1) is 15.3. The lowest BCUT2D eigenvalue weighted by atomic mass is 10.0. The first-order valence-corrected chi connectivity index (χ1v) is 8.35. The van der Waals surface area contributed by atoms with Crippen LogP contribution in [-0.2, 0) is 16.8 Å². The molecule has 0 amide bonds. The van der Waals surface area contributed by atoms with Crippen molar-refractivity contribution in [1.29, 1.82) is 0 Å². The molecule has 2 N–H and O–H groups in total. The van der Waals surface area contributed by atoms with E-state index in [1.54, 1.807) is 23.5 Å². The Labute approximate surface area is 121 Å². The second-order valence-electron chi connectivity index (χ2n) is 5.61. The summed E-state index contributed by atoms with van der Waals surface area (Å²) >= 11 is 0. The first-order valence-electron chi connectivity index (χ1n) is 6.95. The molecule has 1 fully saturated rings. The molecule has 0 aromatic heterocycles. The van der Waals surface area contributed by atoms with E-state index in [-0.39, 0.29) is 0 Å². The maximum Gasteiger partial charge on any atom is 0.282 e. The van der Waals surface area contributed by atoms with E-state index in [1.807, 2.05) is 12.1 Å². The molecule has 1 heterocycles. The number of rotatable bonds is 4. The molecule has 1 unspecified atom stereocenters. The van der Waals surface area contributed by atoms with Crippen LogP contribution in [0, 0.1) is 5.92 Å². The normalized spacial score (nSPS) is 21.2. The highest BCUT2D eigenvalue weighted by Crippen LogP contribution is 2.21. The summed E-state index contributed by atoms with van der Waals surface area (Å²) in [5, 5.41) is 0. The molecular formula is C14H23N3O2S. The van der Waals surface area contributed by atoms with E-state index in [9.17, 15) is 8.42 Å². The summed E-state index contributed by atoms with van der Waals surface area (Å²) in [6, 6.07) is 7.30. The Kier molecular flexibility index (Phi) is 4.67. The lowest BCUT2D eigenvalue weighted by Gasteiger charge is -2.33. The third-order valence-corrected chi connectivity index (χ3v) is 5.63. The molecule has 0 aliphatic carbocycles. The van der Waals surface area contributed by atoms with Gasteiger partial charge in [-0.1, -0.05) is 19.1 Å². The van der Waals surface area contributed by atoms with Crippen LogP contribution in [0.15, 0.2) is 24.3 Å². The molecule has 1 aliphatic heterocycles. The average Bonchev–Trinajstić information content (AvgIpc) is 2.41. The van der Waals surface area contributed by atoms with Crippen LogP contribution < -0.4 is 5.73 Å². The van der Waals surface area contributed by atoms with Crippen LogP contribution in [-0.4, -0.2) is 37.2 Å². The van der Waals surface area contributed by atoms with Crippen molar-refractivity contribution < 1.29 is 8.42 Å². The average molecular weight is 297 g/mol. The maximum absolute atomic E-state index is 12.5. The van der Waals surface area contributed by atoms with Crippen LogP contribution in [0.4, 0.5) is 5.69 Å². The van der Waals surface area contributed by atoms with Crippen LogP contribution >= 0.6 is 0 Å². The number of nitrogen functional groups attached to an aromatic ring is 1. The second-order valence-corrected chi connectivity index (χ2v) is 7.65. The molecule has 6 heteroatoms. The predicted octanol–water partition coefficient (Wildman–Crippen LogP) is 1.68. The Hall–Kier alpha value is -1.11. The number of nitrogens with zero attached hydrogens (tertiary/aromatic N) is 2. The van der Waals surface area contributed by atoms with Crippen LogP contribution in [0.5, 0.6) is 0 Å². The lowest BCUT2D eigenvalue weighted by molar-refractivity contribution is 0.263. The van der Waals surface area contributed by atoms with Crippen molar-refractivity contribution in [1.82, 2.24) is 8.61 Å². The highest BCUT2D eigenvalue weighted by atomic mass is 32.2. The number of anilines is 1. The highest BCUT2D eigenvalue weighted by Gasteiger charge is 2.30. The SMILES string of the molecule is CC1CCCN(S(=O)(=O)N(C)Cc2ccc(N)cc2)C1. The van der Waals surface area contributed by atoms with E-state index < -0.39 is 10.2 Å². The standard InChI is InChI=1S/C14H23N3O2S/c1-12-4-3-9-17(10-12)20(18,19)16(2)11-13-5-7-14(15)8-6-13/h5-8,12H,3-4,9-11,15H2,1-2H3. The van der Waals surface area contributed by atoms with E-state index in [0.717, 1.165) is 18.4 Å². The Balaban J connectivity index is 2.06. The third-order valence-electron chi connectivity index (χ3n) is 3.72. The van der Waals surface area contributed by atoms with Gasteiger partial charge in [-0.3, -0.25) is 0 Å². The van der Waals surface area contributed by atoms with Gasteiger partial charge in [0.25, 0.3) is 10.2 Å². The molecule has 1 aromatic carbocycles. The summed E-state index contributed by atoms with van der Waals surface area (Å²) in [6.07, 6.45) is 2.05. The molecule has 0 saturated carbocycles. The minimum atomic E-state index is -3.37. The fraction of sp³-hybridized carbons (Fsp3) is 0.571. The molecule has 0 spiro atoms. The van der Waals surface area contributed by atoms with Crippen molar-refractivity contribution in [2.75, 3.05) is 25.9 Å². The number of piperidine rings is 1. The van der Waals surface area contributed by atoms with Crippen molar-refractivity contribution in [3.05, 3.63) is 29.8 Å². The molecule has 0 radical (unpaired) electrons. The van der Waals surface area contributed by atoms with Gasteiger partial charge in [-0.05, 0) is 36.5 Å². The van der Waals surface area contributed by atoms with Gasteiger partial charge in [0.1, 0.15) is 0 Å². The van der Waals surface area contributed by atoms with Gasteiger partial charge in [-0.2, -0.15) is 17.0 Å². The van der Waals surface area contributed by atoms with E-state index in [2.05, 4.69) is 6.92 Å². The van der Waals surface area contributed by atoms with Gasteiger partial charge >= 0.3 is 0 Å². The Morgan fingerprint density at radius 2 is 2.00 bits per heavy atom. The zero-order chi connectivity index (χ0) is 14.8. The number of nitrogens with two attached hydrogens (primary N) is 1. The minimum absolute atomic E-state index is 0.369. The van der Waals surface area contributed by atoms with Crippen LogP contribution in [0.2, 0.25) is 0 Å². The summed E-state index contributed by atoms with van der Waals surface area (Å²) in [5.74, 6) is 0.434. The molecule has 1 saturated heterocycles. The number of benzene rings is 1. The smallest absolute Gasteiger partial charge is 0.282 e. The zero-order valence-electron chi connectivity index (χ0n) is 12.1. The fourth-order valence-electron chi connectivity index (χ4n) is 2.51. The van der Waals surface area contributed by atoms with Crippen molar-refractivity contribution in [3.63, 3.8) is 0 Å². The Bertz CT molecular complexity index is 542. The maximum atomic E-state index is 12.5. The largest absolute Gasteiger partial charge is 0.399 e. The molecule has 112 valence electrons. The van der Waals surface area contributed by atoms with Crippen LogP contribution in [0.1, 0.15) is 25.3 Å². The first-order chi connectivity index (χ1) is 9.39. The van der Waals surface area contributed by atoms with Gasteiger partial charge in [0.05, 0.1) is 0 Å². The van der Waals surface area contributed by atoms with Gasteiger partial charge in [-0.15, -0.1) is 0 Å². The van der Waals surface area contributed by atoms with Crippen LogP contribution in [0.3, 0.4) is 0 Å². The van der Waals surface area contributed by atoms with Gasteiger partial charge in [-0.25, -0.2) is 0 Å². The quantitative estimate of drug-likeness (QED) is 0.860. The van der Waals surface area contributed by atoms with Gasteiger partial charge in [0.15, 0.2) is 0 Å². The fourth-order valence-corrected chi connectivity index (χ4v) is 4.02. The molecule has 20 heavy (non-hydrogen) atoms. The summed E-state index contributed by atoms with van der Waals surface area (Å²) in [7, 11) is -1.74. The van der Waals surface area contributed by atoms with Gasteiger partial charge in [0, 0.05) is 32.4 Å².